The molecule has 0 saturated carbocycles. The van der Waals surface area contributed by atoms with Crippen molar-refractivity contribution >= 4 is 44.8 Å². The van der Waals surface area contributed by atoms with Crippen LogP contribution in [0, 0.1) is 0 Å². The number of sulfonamides is 1. The van der Waals surface area contributed by atoms with Crippen LogP contribution in [0.15, 0.2) is 6.33 Å². The highest BCUT2D eigenvalue weighted by atomic mass is 32.2. The van der Waals surface area contributed by atoms with Gasteiger partial charge in [0.1, 0.15) is 17.7 Å². The van der Waals surface area contributed by atoms with Crippen molar-refractivity contribution in [2.24, 2.45) is 0 Å². The Kier molecular flexibility index (Phi) is 10.4. The summed E-state index contributed by atoms with van der Waals surface area (Å²) in [6, 6.07) is -0.180. The van der Waals surface area contributed by atoms with Gasteiger partial charge in [0.05, 0.1) is 12.6 Å². The topological polar surface area (TPSA) is 236 Å². The number of ether oxygens (including phenoxy) is 1. The van der Waals surface area contributed by atoms with Gasteiger partial charge in [0.2, 0.25) is 21.9 Å². The van der Waals surface area contributed by atoms with Crippen molar-refractivity contribution < 1.29 is 33.0 Å². The zero-order valence-corrected chi connectivity index (χ0v) is 22.9. The third-order valence-corrected chi connectivity index (χ3v) is 6.55. The van der Waals surface area contributed by atoms with E-state index in [0.717, 1.165) is 6.26 Å². The molecule has 218 valence electrons. The first-order valence-corrected chi connectivity index (χ1v) is 14.5. The molecule has 3 rings (SSSR count). The molecule has 2 aromatic heterocycles. The van der Waals surface area contributed by atoms with Gasteiger partial charge in [-0.1, -0.05) is 6.42 Å². The number of nitrogens with zero attached hydrogens (tertiary/aromatic N) is 4. The summed E-state index contributed by atoms with van der Waals surface area (Å²) < 4.78 is 31.5. The second-order valence-corrected chi connectivity index (χ2v) is 11.4. The predicted octanol–water partition coefficient (Wildman–Crippen LogP) is -1.81. The second-order valence-electron chi connectivity index (χ2n) is 9.60. The van der Waals surface area contributed by atoms with Gasteiger partial charge >= 0.3 is 0 Å². The van der Waals surface area contributed by atoms with Gasteiger partial charge in [0, 0.05) is 32.1 Å². The molecule has 1 aliphatic heterocycles. The van der Waals surface area contributed by atoms with E-state index in [-0.39, 0.29) is 41.4 Å². The Bertz CT molecular complexity index is 1250. The quantitative estimate of drug-likeness (QED) is 0.124. The molecule has 0 aromatic carbocycles. The number of hydrogen-bond acceptors (Lipinski definition) is 12. The third-order valence-electron chi connectivity index (χ3n) is 5.83. The Balaban J connectivity index is 1.52. The van der Waals surface area contributed by atoms with Crippen LogP contribution >= 0.6 is 0 Å². The Hall–Kier alpha value is -3.12. The number of hydrogen-bond donors (Lipinski definition) is 7. The molecule has 1 fully saturated rings. The van der Waals surface area contributed by atoms with Gasteiger partial charge < -0.3 is 36.6 Å². The van der Waals surface area contributed by atoms with Gasteiger partial charge in [0.25, 0.3) is 5.91 Å². The summed E-state index contributed by atoms with van der Waals surface area (Å²) in [4.78, 5) is 37.1. The van der Waals surface area contributed by atoms with E-state index in [1.165, 1.54) is 10.9 Å². The van der Waals surface area contributed by atoms with E-state index in [4.69, 9.17) is 10.5 Å². The molecule has 1 aliphatic rings. The molecule has 17 heteroatoms. The molecular formula is C22H37N9O7S. The fraction of sp³-hybridized carbons (Fsp3) is 0.682. The number of anilines is 2. The molecule has 4 atom stereocenters. The Labute approximate surface area is 226 Å². The van der Waals surface area contributed by atoms with Crippen molar-refractivity contribution in [3.05, 3.63) is 6.33 Å². The van der Waals surface area contributed by atoms with E-state index in [9.17, 15) is 28.2 Å². The lowest BCUT2D eigenvalue weighted by Gasteiger charge is -2.17. The van der Waals surface area contributed by atoms with Crippen LogP contribution in [0.2, 0.25) is 0 Å². The van der Waals surface area contributed by atoms with Crippen molar-refractivity contribution in [2.75, 3.05) is 36.9 Å². The number of nitrogens with one attached hydrogen (secondary N) is 4. The van der Waals surface area contributed by atoms with Gasteiger partial charge in [-0.05, 0) is 26.7 Å². The maximum Gasteiger partial charge on any atom is 0.252 e. The first-order valence-electron chi connectivity index (χ1n) is 12.6. The lowest BCUT2D eigenvalue weighted by Crippen LogP contribution is -2.45. The number of unbranched alkanes of at least 4 members (excludes halogenated alkanes) is 2. The molecule has 2 amide bonds. The largest absolute Gasteiger partial charge is 0.387 e. The fourth-order valence-corrected chi connectivity index (χ4v) is 4.50. The van der Waals surface area contributed by atoms with Gasteiger partial charge in [0.15, 0.2) is 23.8 Å². The van der Waals surface area contributed by atoms with E-state index < -0.39 is 40.5 Å². The SMILES string of the molecule is CC(C)NC(=O)[C@H]1O[C@@H](n2cnc3c(N)nc(NCCNC(=O)CCCCCNS(C)(=O)=O)nc32)[C@H](O)[C@@H]1O. The standard InChI is InChI=1S/C22H37N9O7S/c1-12(2)28-20(35)17-15(33)16(34)21(38-17)31-11-26-14-18(23)29-22(30-19(14)31)25-10-9-24-13(32)7-5-4-6-8-27-39(3,36)37/h11-12,15-17,21,27,33-34H,4-10H2,1-3H3,(H,24,32)(H,28,35)(H3,23,25,29,30)/t15-,16+,17-,21+/m0/s1. The van der Waals surface area contributed by atoms with Crippen LogP contribution in [0.1, 0.15) is 45.8 Å². The molecule has 2 aromatic rings. The average Bonchev–Trinajstić information content (AvgIpc) is 3.39. The highest BCUT2D eigenvalue weighted by molar-refractivity contribution is 7.88. The van der Waals surface area contributed by atoms with E-state index in [1.807, 2.05) is 0 Å². The summed E-state index contributed by atoms with van der Waals surface area (Å²) >= 11 is 0. The minimum Gasteiger partial charge on any atom is -0.387 e. The number of aliphatic hydroxyl groups excluding tert-OH is 2. The normalized spacial score (nSPS) is 21.4. The molecule has 0 unspecified atom stereocenters. The number of aromatic nitrogens is 4. The number of aliphatic hydroxyl groups is 2. The second kappa shape index (κ2) is 13.3. The van der Waals surface area contributed by atoms with Gasteiger partial charge in [-0.25, -0.2) is 18.1 Å². The fourth-order valence-electron chi connectivity index (χ4n) is 3.99. The van der Waals surface area contributed by atoms with Crippen molar-refractivity contribution in [3.8, 4) is 0 Å². The minimum absolute atomic E-state index is 0.0674. The maximum absolute atomic E-state index is 12.4. The molecule has 39 heavy (non-hydrogen) atoms. The van der Waals surface area contributed by atoms with Crippen molar-refractivity contribution in [1.29, 1.82) is 0 Å². The summed E-state index contributed by atoms with van der Waals surface area (Å²) in [7, 11) is -3.20. The first kappa shape index (κ1) is 30.4. The Morgan fingerprint density at radius 1 is 1.13 bits per heavy atom. The van der Waals surface area contributed by atoms with Crippen LogP contribution in [0.25, 0.3) is 11.2 Å². The lowest BCUT2D eigenvalue weighted by atomic mass is 10.1. The van der Waals surface area contributed by atoms with Crippen LogP contribution in [-0.2, 0) is 24.3 Å². The number of amides is 2. The van der Waals surface area contributed by atoms with Crippen LogP contribution in [0.4, 0.5) is 11.8 Å². The number of carbonyl (C=O) groups excluding carboxylic acids is 2. The van der Waals surface area contributed by atoms with E-state index in [0.29, 0.717) is 38.8 Å². The number of imidazole rings is 1. The number of fused-ring (bicyclic) bond motifs is 1. The zero-order chi connectivity index (χ0) is 28.7. The number of nitrogen functional groups attached to an aromatic ring is 1. The molecule has 16 nitrogen and oxygen atoms in total. The van der Waals surface area contributed by atoms with Crippen LogP contribution in [0.3, 0.4) is 0 Å². The molecule has 3 heterocycles. The summed E-state index contributed by atoms with van der Waals surface area (Å²) in [6.45, 7) is 4.46. The van der Waals surface area contributed by atoms with E-state index >= 15 is 0 Å². The zero-order valence-electron chi connectivity index (χ0n) is 22.1. The van der Waals surface area contributed by atoms with Gasteiger partial charge in [-0.15, -0.1) is 0 Å². The molecule has 1 saturated heterocycles. The van der Waals surface area contributed by atoms with Crippen LogP contribution < -0.4 is 26.4 Å². The Morgan fingerprint density at radius 3 is 2.56 bits per heavy atom. The van der Waals surface area contributed by atoms with Crippen molar-refractivity contribution in [1.82, 2.24) is 34.9 Å². The monoisotopic (exact) mass is 571 g/mol. The highest BCUT2D eigenvalue weighted by Gasteiger charge is 2.47. The summed E-state index contributed by atoms with van der Waals surface area (Å²) in [6.07, 6.45) is -0.563. The van der Waals surface area contributed by atoms with Gasteiger partial charge in [-0.3, -0.25) is 14.2 Å². The number of carbonyl (C=O) groups is 2. The van der Waals surface area contributed by atoms with Gasteiger partial charge in [-0.2, -0.15) is 9.97 Å². The molecule has 0 spiro atoms. The maximum atomic E-state index is 12.4. The molecule has 8 N–H and O–H groups in total. The molecular weight excluding hydrogens is 534 g/mol. The lowest BCUT2D eigenvalue weighted by molar-refractivity contribution is -0.138. The summed E-state index contributed by atoms with van der Waals surface area (Å²) in [5.74, 6) is -0.468. The molecule has 0 bridgehead atoms. The smallest absolute Gasteiger partial charge is 0.252 e. The number of nitrogens with two attached hydrogens (primary N) is 1. The first-order chi connectivity index (χ1) is 18.4. The summed E-state index contributed by atoms with van der Waals surface area (Å²) in [5, 5.41) is 29.4. The predicted molar refractivity (Wildman–Crippen MR) is 142 cm³/mol. The van der Waals surface area contributed by atoms with Crippen LogP contribution in [0.5, 0.6) is 0 Å². The minimum atomic E-state index is -3.20. The molecule has 0 aliphatic carbocycles. The highest BCUT2D eigenvalue weighted by Crippen LogP contribution is 2.32. The van der Waals surface area contributed by atoms with E-state index in [1.54, 1.807) is 13.8 Å². The van der Waals surface area contributed by atoms with Crippen molar-refractivity contribution in [2.45, 2.75) is 70.1 Å². The average molecular weight is 572 g/mol. The Morgan fingerprint density at radius 2 is 1.87 bits per heavy atom. The summed E-state index contributed by atoms with van der Waals surface area (Å²) in [5.41, 5.74) is 6.51. The van der Waals surface area contributed by atoms with Crippen molar-refractivity contribution in [3.63, 3.8) is 0 Å². The molecule has 0 radical (unpaired) electrons. The third kappa shape index (κ3) is 8.43. The number of rotatable bonds is 14. The van der Waals surface area contributed by atoms with E-state index in [2.05, 4.69) is 35.6 Å². The van der Waals surface area contributed by atoms with Crippen LogP contribution in [-0.4, -0.2) is 100 Å².